The lowest BCUT2D eigenvalue weighted by Gasteiger charge is -2.15. The molecule has 0 radical (unpaired) electrons. The summed E-state index contributed by atoms with van der Waals surface area (Å²) in [6.07, 6.45) is 4.52. The molecule has 3 heteroatoms. The zero-order valence-electron chi connectivity index (χ0n) is 11.3. The van der Waals surface area contributed by atoms with Crippen molar-refractivity contribution in [3.63, 3.8) is 0 Å². The molecule has 0 saturated heterocycles. The highest BCUT2D eigenvalue weighted by Crippen LogP contribution is 2.29. The van der Waals surface area contributed by atoms with Crippen molar-refractivity contribution in [1.82, 2.24) is 4.98 Å². The Morgan fingerprint density at radius 2 is 2.16 bits per heavy atom. The van der Waals surface area contributed by atoms with Crippen LogP contribution in [0.25, 0.3) is 0 Å². The van der Waals surface area contributed by atoms with Gasteiger partial charge in [0.2, 0.25) is 0 Å². The van der Waals surface area contributed by atoms with E-state index in [1.54, 1.807) is 13.3 Å². The monoisotopic (exact) mass is 257 g/mol. The van der Waals surface area contributed by atoms with Gasteiger partial charge < -0.3 is 9.84 Å². The summed E-state index contributed by atoms with van der Waals surface area (Å²) >= 11 is 0. The van der Waals surface area contributed by atoms with Crippen LogP contribution in [0.15, 0.2) is 42.7 Å². The van der Waals surface area contributed by atoms with Crippen LogP contribution in [0.4, 0.5) is 0 Å². The average molecular weight is 257 g/mol. The number of benzene rings is 1. The topological polar surface area (TPSA) is 42.4 Å². The number of aliphatic hydroxyl groups excluding tert-OH is 1. The van der Waals surface area contributed by atoms with Crippen LogP contribution in [-0.4, -0.2) is 17.2 Å². The van der Waals surface area contributed by atoms with Crippen molar-refractivity contribution in [2.75, 3.05) is 7.11 Å². The second-order valence-corrected chi connectivity index (χ2v) is 4.66. The van der Waals surface area contributed by atoms with Crippen LogP contribution >= 0.6 is 0 Å². The van der Waals surface area contributed by atoms with E-state index in [0.29, 0.717) is 6.42 Å². The quantitative estimate of drug-likeness (QED) is 0.895. The van der Waals surface area contributed by atoms with Crippen molar-refractivity contribution in [2.45, 2.75) is 25.9 Å². The van der Waals surface area contributed by atoms with E-state index >= 15 is 0 Å². The maximum absolute atomic E-state index is 10.3. The van der Waals surface area contributed by atoms with Crippen molar-refractivity contribution in [3.8, 4) is 5.75 Å². The molecule has 2 aromatic rings. The Kier molecular flexibility index (Phi) is 4.53. The summed E-state index contributed by atoms with van der Waals surface area (Å²) in [4.78, 5) is 4.08. The van der Waals surface area contributed by atoms with Gasteiger partial charge in [-0.1, -0.05) is 17.7 Å². The average Bonchev–Trinajstić information content (AvgIpc) is 2.46. The van der Waals surface area contributed by atoms with E-state index in [4.69, 9.17) is 4.74 Å². The summed E-state index contributed by atoms with van der Waals surface area (Å²) in [6.45, 7) is 2.01. The second kappa shape index (κ2) is 6.34. The van der Waals surface area contributed by atoms with Gasteiger partial charge in [0, 0.05) is 18.0 Å². The lowest BCUT2D eigenvalue weighted by molar-refractivity contribution is 0.163. The minimum Gasteiger partial charge on any atom is -0.496 e. The molecule has 0 spiro atoms. The van der Waals surface area contributed by atoms with Gasteiger partial charge in [-0.3, -0.25) is 4.98 Å². The maximum atomic E-state index is 10.3. The number of hydrogen-bond acceptors (Lipinski definition) is 3. The smallest absolute Gasteiger partial charge is 0.124 e. The third-order valence-electron chi connectivity index (χ3n) is 3.17. The van der Waals surface area contributed by atoms with Gasteiger partial charge >= 0.3 is 0 Å². The normalized spacial score (nSPS) is 12.2. The standard InChI is InChI=1S/C16H19NO2/c1-12-5-8-16(19-2)14(10-12)15(18)7-6-13-4-3-9-17-11-13/h3-5,8-11,15,18H,6-7H2,1-2H3. The Hall–Kier alpha value is -1.87. The lowest BCUT2D eigenvalue weighted by atomic mass is 10.00. The summed E-state index contributed by atoms with van der Waals surface area (Å²) in [7, 11) is 1.63. The molecule has 0 amide bonds. The highest BCUT2D eigenvalue weighted by Gasteiger charge is 2.13. The van der Waals surface area contributed by atoms with Gasteiger partial charge in [0.15, 0.2) is 0 Å². The Morgan fingerprint density at radius 3 is 2.84 bits per heavy atom. The van der Waals surface area contributed by atoms with Crippen LogP contribution in [0, 0.1) is 6.92 Å². The number of nitrogens with zero attached hydrogens (tertiary/aromatic N) is 1. The van der Waals surface area contributed by atoms with Gasteiger partial charge in [-0.25, -0.2) is 0 Å². The zero-order valence-corrected chi connectivity index (χ0v) is 11.3. The molecule has 1 aromatic heterocycles. The van der Waals surface area contributed by atoms with E-state index in [-0.39, 0.29) is 0 Å². The summed E-state index contributed by atoms with van der Waals surface area (Å²) in [6, 6.07) is 9.79. The summed E-state index contributed by atoms with van der Waals surface area (Å²) < 4.78 is 5.30. The Balaban J connectivity index is 2.07. The van der Waals surface area contributed by atoms with Gasteiger partial charge in [0.1, 0.15) is 5.75 Å². The molecule has 0 aliphatic heterocycles. The van der Waals surface area contributed by atoms with Crippen molar-refractivity contribution in [2.24, 2.45) is 0 Å². The zero-order chi connectivity index (χ0) is 13.7. The van der Waals surface area contributed by atoms with Crippen molar-refractivity contribution < 1.29 is 9.84 Å². The number of aryl methyl sites for hydroxylation is 2. The third kappa shape index (κ3) is 3.55. The van der Waals surface area contributed by atoms with E-state index in [0.717, 1.165) is 28.9 Å². The van der Waals surface area contributed by atoms with Crippen LogP contribution in [-0.2, 0) is 6.42 Å². The first-order valence-electron chi connectivity index (χ1n) is 6.42. The van der Waals surface area contributed by atoms with Crippen molar-refractivity contribution in [3.05, 3.63) is 59.4 Å². The number of methoxy groups -OCH3 is 1. The fourth-order valence-electron chi connectivity index (χ4n) is 2.12. The van der Waals surface area contributed by atoms with Gasteiger partial charge in [0.25, 0.3) is 0 Å². The summed E-state index contributed by atoms with van der Waals surface area (Å²) in [5.41, 5.74) is 3.11. The van der Waals surface area contributed by atoms with E-state index in [1.807, 2.05) is 43.5 Å². The van der Waals surface area contributed by atoms with Crippen molar-refractivity contribution in [1.29, 1.82) is 0 Å². The molecule has 0 fully saturated rings. The molecule has 1 heterocycles. The Morgan fingerprint density at radius 1 is 1.32 bits per heavy atom. The number of pyridine rings is 1. The summed E-state index contributed by atoms with van der Waals surface area (Å²) in [5, 5.41) is 10.3. The number of ether oxygens (including phenoxy) is 1. The van der Waals surface area contributed by atoms with Gasteiger partial charge in [0.05, 0.1) is 13.2 Å². The first kappa shape index (κ1) is 13.6. The molecule has 0 bridgehead atoms. The SMILES string of the molecule is COc1ccc(C)cc1C(O)CCc1cccnc1. The van der Waals surface area contributed by atoms with Crippen LogP contribution in [0.5, 0.6) is 5.75 Å². The Labute approximate surface area is 113 Å². The molecule has 1 aromatic carbocycles. The lowest BCUT2D eigenvalue weighted by Crippen LogP contribution is -2.03. The fraction of sp³-hybridized carbons (Fsp3) is 0.312. The first-order chi connectivity index (χ1) is 9.20. The molecule has 3 nitrogen and oxygen atoms in total. The highest BCUT2D eigenvalue weighted by molar-refractivity contribution is 5.38. The van der Waals surface area contributed by atoms with Gasteiger partial charge in [-0.05, 0) is 43.5 Å². The first-order valence-corrected chi connectivity index (χ1v) is 6.42. The van der Waals surface area contributed by atoms with E-state index < -0.39 is 6.10 Å². The molecule has 1 N–H and O–H groups in total. The van der Waals surface area contributed by atoms with E-state index in [2.05, 4.69) is 4.98 Å². The predicted octanol–water partition coefficient (Wildman–Crippen LogP) is 3.06. The summed E-state index contributed by atoms with van der Waals surface area (Å²) in [5.74, 6) is 0.740. The van der Waals surface area contributed by atoms with Crippen molar-refractivity contribution >= 4 is 0 Å². The maximum Gasteiger partial charge on any atom is 0.124 e. The highest BCUT2D eigenvalue weighted by atomic mass is 16.5. The van der Waals surface area contributed by atoms with Crippen LogP contribution < -0.4 is 4.74 Å². The van der Waals surface area contributed by atoms with E-state index in [9.17, 15) is 5.11 Å². The second-order valence-electron chi connectivity index (χ2n) is 4.66. The Bertz CT molecular complexity index is 526. The van der Waals surface area contributed by atoms with Crippen LogP contribution in [0.1, 0.15) is 29.2 Å². The molecular weight excluding hydrogens is 238 g/mol. The molecule has 1 atom stereocenters. The minimum absolute atomic E-state index is 0.518. The fourth-order valence-corrected chi connectivity index (χ4v) is 2.12. The van der Waals surface area contributed by atoms with Gasteiger partial charge in [-0.2, -0.15) is 0 Å². The molecule has 1 unspecified atom stereocenters. The number of rotatable bonds is 5. The molecule has 0 aliphatic carbocycles. The van der Waals surface area contributed by atoms with Gasteiger partial charge in [-0.15, -0.1) is 0 Å². The molecule has 19 heavy (non-hydrogen) atoms. The van der Waals surface area contributed by atoms with E-state index in [1.165, 1.54) is 0 Å². The number of aromatic nitrogens is 1. The number of aliphatic hydroxyl groups is 1. The molecule has 2 rings (SSSR count). The van der Waals surface area contributed by atoms with Crippen LogP contribution in [0.2, 0.25) is 0 Å². The molecule has 0 aliphatic rings. The minimum atomic E-state index is -0.518. The number of hydrogen-bond donors (Lipinski definition) is 1. The molecular formula is C16H19NO2. The largest absolute Gasteiger partial charge is 0.496 e. The molecule has 100 valence electrons. The van der Waals surface area contributed by atoms with Crippen LogP contribution in [0.3, 0.4) is 0 Å². The third-order valence-corrected chi connectivity index (χ3v) is 3.17. The predicted molar refractivity (Wildman–Crippen MR) is 75.2 cm³/mol. The molecule has 0 saturated carbocycles.